The lowest BCUT2D eigenvalue weighted by atomic mass is 10.1. The molecule has 2 aromatic heterocycles. The van der Waals surface area contributed by atoms with Crippen LogP contribution in [-0.2, 0) is 6.18 Å². The Kier molecular flexibility index (Phi) is 5.10. The van der Waals surface area contributed by atoms with Gasteiger partial charge in [-0.15, -0.1) is 0 Å². The van der Waals surface area contributed by atoms with E-state index in [1.165, 1.54) is 6.33 Å². The van der Waals surface area contributed by atoms with Gasteiger partial charge in [-0.25, -0.2) is 19.9 Å². The molecule has 26 heavy (non-hydrogen) atoms. The lowest BCUT2D eigenvalue weighted by Crippen LogP contribution is -2.42. The predicted molar refractivity (Wildman–Crippen MR) is 92.3 cm³/mol. The van der Waals surface area contributed by atoms with Gasteiger partial charge >= 0.3 is 6.18 Å². The molecule has 7 nitrogen and oxygen atoms in total. The van der Waals surface area contributed by atoms with Crippen LogP contribution in [0.4, 0.5) is 30.6 Å². The number of hydrogen-bond donors (Lipinski definition) is 1. The van der Waals surface area contributed by atoms with Gasteiger partial charge in [-0.2, -0.15) is 13.2 Å². The van der Waals surface area contributed by atoms with Crippen molar-refractivity contribution in [2.24, 2.45) is 0 Å². The van der Waals surface area contributed by atoms with E-state index in [9.17, 15) is 13.2 Å². The van der Waals surface area contributed by atoms with Crippen LogP contribution in [0, 0.1) is 0 Å². The van der Waals surface area contributed by atoms with Crippen molar-refractivity contribution < 1.29 is 13.2 Å². The predicted octanol–water partition coefficient (Wildman–Crippen LogP) is 2.43. The van der Waals surface area contributed by atoms with Crippen molar-refractivity contribution in [3.05, 3.63) is 30.5 Å². The number of nitrogens with zero attached hydrogens (tertiary/aromatic N) is 6. The molecule has 0 saturated carbocycles. The van der Waals surface area contributed by atoms with Crippen molar-refractivity contribution in [3.8, 4) is 0 Å². The molecule has 1 unspecified atom stereocenters. The van der Waals surface area contributed by atoms with Gasteiger partial charge < -0.3 is 15.1 Å². The van der Waals surface area contributed by atoms with Gasteiger partial charge in [-0.3, -0.25) is 0 Å². The summed E-state index contributed by atoms with van der Waals surface area (Å²) < 4.78 is 38.4. The summed E-state index contributed by atoms with van der Waals surface area (Å²) in [6.07, 6.45) is -0.299. The molecule has 0 aliphatic carbocycles. The van der Waals surface area contributed by atoms with Crippen molar-refractivity contribution >= 4 is 17.5 Å². The first-order chi connectivity index (χ1) is 12.3. The topological polar surface area (TPSA) is 70.1 Å². The van der Waals surface area contributed by atoms with Crippen LogP contribution in [-0.4, -0.2) is 53.2 Å². The average Bonchev–Trinajstić information content (AvgIpc) is 2.61. The summed E-state index contributed by atoms with van der Waals surface area (Å²) >= 11 is 0. The van der Waals surface area contributed by atoms with Gasteiger partial charge in [0.1, 0.15) is 35.8 Å². The smallest absolute Gasteiger partial charge is 0.365 e. The molecule has 0 spiro atoms. The molecular weight excluding hydrogens is 347 g/mol. The first-order valence-corrected chi connectivity index (χ1v) is 8.23. The summed E-state index contributed by atoms with van der Waals surface area (Å²) in [5.74, 6) is 1.78. The Labute approximate surface area is 149 Å². The van der Waals surface area contributed by atoms with Crippen LogP contribution in [0.1, 0.15) is 18.5 Å². The van der Waals surface area contributed by atoms with Crippen LogP contribution in [0.25, 0.3) is 0 Å². The van der Waals surface area contributed by atoms with Gasteiger partial charge in [0.05, 0.1) is 0 Å². The van der Waals surface area contributed by atoms with Crippen LogP contribution in [0.2, 0.25) is 0 Å². The standard InChI is InChI=1S/C16H20F3N7/c1-25(2)14-7-15(23-10-22-14)26-5-3-4-11(8-26)24-13-6-12(16(17,18)19)20-9-21-13/h6-7,9-11H,3-5,8H2,1-2H3,(H,20,21,24). The van der Waals surface area contributed by atoms with E-state index in [4.69, 9.17) is 0 Å². The Hall–Kier alpha value is -2.65. The SMILES string of the molecule is CN(C)c1cc(N2CCCC(Nc3cc(C(F)(F)F)ncn3)C2)ncn1. The molecule has 1 atom stereocenters. The highest BCUT2D eigenvalue weighted by atomic mass is 19.4. The first-order valence-electron chi connectivity index (χ1n) is 8.23. The van der Waals surface area contributed by atoms with Crippen LogP contribution in [0.5, 0.6) is 0 Å². The fourth-order valence-corrected chi connectivity index (χ4v) is 2.86. The third-order valence-electron chi connectivity index (χ3n) is 4.15. The number of halogens is 3. The van der Waals surface area contributed by atoms with E-state index in [2.05, 4.69) is 30.2 Å². The number of hydrogen-bond acceptors (Lipinski definition) is 7. The fraction of sp³-hybridized carbons (Fsp3) is 0.500. The van der Waals surface area contributed by atoms with Crippen LogP contribution >= 0.6 is 0 Å². The minimum atomic E-state index is -4.48. The monoisotopic (exact) mass is 367 g/mol. The Balaban J connectivity index is 1.70. The zero-order valence-electron chi connectivity index (χ0n) is 14.5. The third kappa shape index (κ3) is 4.30. The van der Waals surface area contributed by atoms with Crippen LogP contribution in [0.15, 0.2) is 24.8 Å². The fourth-order valence-electron chi connectivity index (χ4n) is 2.86. The zero-order valence-corrected chi connectivity index (χ0v) is 14.5. The number of alkyl halides is 3. The van der Waals surface area contributed by atoms with Crippen molar-refractivity contribution in [1.29, 1.82) is 0 Å². The molecule has 1 N–H and O–H groups in total. The van der Waals surface area contributed by atoms with E-state index < -0.39 is 11.9 Å². The lowest BCUT2D eigenvalue weighted by molar-refractivity contribution is -0.141. The quantitative estimate of drug-likeness (QED) is 0.890. The molecule has 3 heterocycles. The van der Waals surface area contributed by atoms with Crippen molar-refractivity contribution in [2.45, 2.75) is 25.1 Å². The largest absolute Gasteiger partial charge is 0.433 e. The molecule has 0 aromatic carbocycles. The highest BCUT2D eigenvalue weighted by molar-refractivity contribution is 5.50. The van der Waals surface area contributed by atoms with Gasteiger partial charge in [0.15, 0.2) is 0 Å². The highest BCUT2D eigenvalue weighted by Gasteiger charge is 2.33. The third-order valence-corrected chi connectivity index (χ3v) is 4.15. The molecule has 1 aliphatic rings. The molecule has 0 radical (unpaired) electrons. The lowest BCUT2D eigenvalue weighted by Gasteiger charge is -2.34. The Bertz CT molecular complexity index is 751. The van der Waals surface area contributed by atoms with Gasteiger partial charge in [0.2, 0.25) is 0 Å². The molecule has 1 fully saturated rings. The average molecular weight is 367 g/mol. The van der Waals surface area contributed by atoms with E-state index in [1.54, 1.807) is 0 Å². The van der Waals surface area contributed by atoms with E-state index in [0.29, 0.717) is 6.54 Å². The molecule has 1 saturated heterocycles. The highest BCUT2D eigenvalue weighted by Crippen LogP contribution is 2.29. The summed E-state index contributed by atoms with van der Waals surface area (Å²) in [5.41, 5.74) is -0.950. The maximum absolute atomic E-state index is 12.8. The number of anilines is 3. The van der Waals surface area contributed by atoms with E-state index in [0.717, 1.165) is 43.4 Å². The van der Waals surface area contributed by atoms with Crippen LogP contribution in [0.3, 0.4) is 0 Å². The molecular formula is C16H20F3N7. The molecule has 0 bridgehead atoms. The summed E-state index contributed by atoms with van der Waals surface area (Å²) in [7, 11) is 3.81. The van der Waals surface area contributed by atoms with Crippen LogP contribution < -0.4 is 15.1 Å². The number of piperidine rings is 1. The number of aromatic nitrogens is 4. The van der Waals surface area contributed by atoms with Gasteiger partial charge in [0.25, 0.3) is 0 Å². The molecule has 0 amide bonds. The summed E-state index contributed by atoms with van der Waals surface area (Å²) in [6.45, 7) is 1.45. The minimum absolute atomic E-state index is 0.0301. The molecule has 1 aliphatic heterocycles. The molecule has 10 heteroatoms. The maximum atomic E-state index is 12.8. The molecule has 140 valence electrons. The van der Waals surface area contributed by atoms with Crippen molar-refractivity contribution in [1.82, 2.24) is 19.9 Å². The summed E-state index contributed by atoms with van der Waals surface area (Å²) in [5, 5.41) is 3.08. The van der Waals surface area contributed by atoms with Crippen molar-refractivity contribution in [3.63, 3.8) is 0 Å². The van der Waals surface area contributed by atoms with Gasteiger partial charge in [0, 0.05) is 45.4 Å². The van der Waals surface area contributed by atoms with E-state index in [1.807, 2.05) is 25.1 Å². The van der Waals surface area contributed by atoms with Gasteiger partial charge in [-0.05, 0) is 12.8 Å². The van der Waals surface area contributed by atoms with Crippen molar-refractivity contribution in [2.75, 3.05) is 42.3 Å². The number of rotatable bonds is 4. The van der Waals surface area contributed by atoms with E-state index >= 15 is 0 Å². The Morgan fingerprint density at radius 1 is 1.12 bits per heavy atom. The summed E-state index contributed by atoms with van der Waals surface area (Å²) in [4.78, 5) is 19.7. The first kappa shape index (κ1) is 18.2. The normalized spacial score (nSPS) is 17.9. The second-order valence-electron chi connectivity index (χ2n) is 6.34. The zero-order chi connectivity index (χ0) is 18.7. The Morgan fingerprint density at radius 2 is 1.88 bits per heavy atom. The summed E-state index contributed by atoms with van der Waals surface area (Å²) in [6, 6.07) is 2.81. The second-order valence-corrected chi connectivity index (χ2v) is 6.34. The van der Waals surface area contributed by atoms with Gasteiger partial charge in [-0.1, -0.05) is 0 Å². The maximum Gasteiger partial charge on any atom is 0.433 e. The van der Waals surface area contributed by atoms with E-state index in [-0.39, 0.29) is 11.9 Å². The molecule has 3 rings (SSSR count). The number of nitrogens with one attached hydrogen (secondary N) is 1. The molecule has 2 aromatic rings. The Morgan fingerprint density at radius 3 is 2.62 bits per heavy atom. The minimum Gasteiger partial charge on any atom is -0.365 e. The second kappa shape index (κ2) is 7.30.